The molecule has 0 bridgehead atoms. The first-order chi connectivity index (χ1) is 9.40. The number of nitrogens with two attached hydrogens (primary N) is 1. The summed E-state index contributed by atoms with van der Waals surface area (Å²) in [6, 6.07) is 5.71. The highest BCUT2D eigenvalue weighted by molar-refractivity contribution is 6.00. The SMILES string of the molecule is Cc1ccc(NC(=O)C2(N)CC2)cc1OCCC(C)C.Cl. The number of carbonyl (C=O) groups excluding carboxylic acids is 1. The van der Waals surface area contributed by atoms with Crippen LogP contribution in [0, 0.1) is 12.8 Å². The van der Waals surface area contributed by atoms with E-state index in [0.717, 1.165) is 36.3 Å². The van der Waals surface area contributed by atoms with Crippen LogP contribution in [0.2, 0.25) is 0 Å². The number of hydrogen-bond acceptors (Lipinski definition) is 3. The lowest BCUT2D eigenvalue weighted by atomic mass is 10.1. The van der Waals surface area contributed by atoms with Gasteiger partial charge in [0.1, 0.15) is 5.75 Å². The van der Waals surface area contributed by atoms with Crippen LogP contribution in [-0.2, 0) is 4.79 Å². The van der Waals surface area contributed by atoms with Crippen molar-refractivity contribution in [3.05, 3.63) is 23.8 Å². The van der Waals surface area contributed by atoms with Gasteiger partial charge in [-0.05, 0) is 43.7 Å². The predicted molar refractivity (Wildman–Crippen MR) is 88.2 cm³/mol. The zero-order valence-corrected chi connectivity index (χ0v) is 13.8. The van der Waals surface area contributed by atoms with E-state index in [1.807, 2.05) is 25.1 Å². The second-order valence-electron chi connectivity index (χ2n) is 6.12. The van der Waals surface area contributed by atoms with Crippen molar-refractivity contribution in [1.82, 2.24) is 0 Å². The lowest BCUT2D eigenvalue weighted by Gasteiger charge is -2.14. The molecule has 21 heavy (non-hydrogen) atoms. The zero-order valence-electron chi connectivity index (χ0n) is 12.9. The fraction of sp³-hybridized carbons (Fsp3) is 0.562. The van der Waals surface area contributed by atoms with Crippen molar-refractivity contribution < 1.29 is 9.53 Å². The minimum absolute atomic E-state index is 0. The van der Waals surface area contributed by atoms with Gasteiger partial charge >= 0.3 is 0 Å². The van der Waals surface area contributed by atoms with E-state index in [9.17, 15) is 4.79 Å². The second-order valence-corrected chi connectivity index (χ2v) is 6.12. The molecule has 1 fully saturated rings. The van der Waals surface area contributed by atoms with Crippen LogP contribution >= 0.6 is 12.4 Å². The molecule has 1 aromatic carbocycles. The molecule has 1 saturated carbocycles. The van der Waals surface area contributed by atoms with Crippen LogP contribution in [0.5, 0.6) is 5.75 Å². The van der Waals surface area contributed by atoms with Gasteiger partial charge in [-0.25, -0.2) is 0 Å². The number of nitrogens with one attached hydrogen (secondary N) is 1. The standard InChI is InChI=1S/C16H24N2O2.ClH/c1-11(2)6-9-20-14-10-13(5-4-12(14)3)18-15(19)16(17)7-8-16;/h4-5,10-11H,6-9,17H2,1-3H3,(H,18,19);1H. The van der Waals surface area contributed by atoms with Gasteiger partial charge in [-0.3, -0.25) is 4.79 Å². The van der Waals surface area contributed by atoms with Crippen molar-refractivity contribution in [2.75, 3.05) is 11.9 Å². The normalized spacial score (nSPS) is 15.3. The molecule has 5 heteroatoms. The Kier molecular flexibility index (Phi) is 6.05. The minimum Gasteiger partial charge on any atom is -0.493 e. The highest BCUT2D eigenvalue weighted by Gasteiger charge is 2.45. The number of anilines is 1. The van der Waals surface area contributed by atoms with Crippen molar-refractivity contribution in [3.63, 3.8) is 0 Å². The summed E-state index contributed by atoms with van der Waals surface area (Å²) < 4.78 is 5.79. The van der Waals surface area contributed by atoms with E-state index in [2.05, 4.69) is 19.2 Å². The topological polar surface area (TPSA) is 64.4 Å². The Balaban J connectivity index is 0.00000220. The lowest BCUT2D eigenvalue weighted by molar-refractivity contribution is -0.118. The number of halogens is 1. The van der Waals surface area contributed by atoms with E-state index in [4.69, 9.17) is 10.5 Å². The number of amides is 1. The van der Waals surface area contributed by atoms with E-state index in [1.165, 1.54) is 0 Å². The second kappa shape index (κ2) is 7.14. The molecule has 0 unspecified atom stereocenters. The van der Waals surface area contributed by atoms with Gasteiger partial charge < -0.3 is 15.8 Å². The lowest BCUT2D eigenvalue weighted by Crippen LogP contribution is -2.37. The van der Waals surface area contributed by atoms with E-state index in [1.54, 1.807) is 0 Å². The number of ether oxygens (including phenoxy) is 1. The van der Waals surface area contributed by atoms with Gasteiger partial charge in [0.05, 0.1) is 12.1 Å². The predicted octanol–water partition coefficient (Wildman–Crippen LogP) is 3.27. The summed E-state index contributed by atoms with van der Waals surface area (Å²) in [4.78, 5) is 11.9. The third kappa shape index (κ3) is 4.90. The van der Waals surface area contributed by atoms with Gasteiger partial charge in [0.2, 0.25) is 5.91 Å². The smallest absolute Gasteiger partial charge is 0.244 e. The average molecular weight is 313 g/mol. The van der Waals surface area contributed by atoms with Crippen LogP contribution in [0.1, 0.15) is 38.7 Å². The van der Waals surface area contributed by atoms with Gasteiger partial charge in [-0.2, -0.15) is 0 Å². The van der Waals surface area contributed by atoms with E-state index < -0.39 is 5.54 Å². The molecule has 3 N–H and O–H groups in total. The molecule has 2 rings (SSSR count). The summed E-state index contributed by atoms with van der Waals surface area (Å²) in [6.45, 7) is 7.03. The maximum absolute atomic E-state index is 11.9. The number of hydrogen-bond donors (Lipinski definition) is 2. The first-order valence-corrected chi connectivity index (χ1v) is 7.24. The van der Waals surface area contributed by atoms with E-state index in [-0.39, 0.29) is 18.3 Å². The number of aryl methyl sites for hydroxylation is 1. The first kappa shape index (κ1) is 17.8. The van der Waals surface area contributed by atoms with Crippen LogP contribution in [0.15, 0.2) is 18.2 Å². The summed E-state index contributed by atoms with van der Waals surface area (Å²) in [5.74, 6) is 1.34. The largest absolute Gasteiger partial charge is 0.493 e. The van der Waals surface area contributed by atoms with Crippen LogP contribution < -0.4 is 15.8 Å². The fourth-order valence-electron chi connectivity index (χ4n) is 1.86. The van der Waals surface area contributed by atoms with Crippen molar-refractivity contribution >= 4 is 24.0 Å². The van der Waals surface area contributed by atoms with Crippen LogP contribution in [-0.4, -0.2) is 18.1 Å². The monoisotopic (exact) mass is 312 g/mol. The first-order valence-electron chi connectivity index (χ1n) is 7.24. The molecule has 0 spiro atoms. The van der Waals surface area contributed by atoms with Crippen LogP contribution in [0.4, 0.5) is 5.69 Å². The third-order valence-corrected chi connectivity index (χ3v) is 3.64. The highest BCUT2D eigenvalue weighted by Crippen LogP contribution is 2.33. The van der Waals surface area contributed by atoms with Crippen LogP contribution in [0.25, 0.3) is 0 Å². The molecule has 0 atom stereocenters. The Morgan fingerprint density at radius 1 is 1.43 bits per heavy atom. The molecule has 118 valence electrons. The minimum atomic E-state index is -0.649. The number of benzene rings is 1. The van der Waals surface area contributed by atoms with E-state index >= 15 is 0 Å². The molecule has 1 aliphatic rings. The maximum Gasteiger partial charge on any atom is 0.244 e. The van der Waals surface area contributed by atoms with E-state index in [0.29, 0.717) is 12.5 Å². The maximum atomic E-state index is 11.9. The Morgan fingerprint density at radius 2 is 2.10 bits per heavy atom. The Hall–Kier alpha value is -1.26. The van der Waals surface area contributed by atoms with Gasteiger partial charge in [0.25, 0.3) is 0 Å². The van der Waals surface area contributed by atoms with Gasteiger partial charge in [-0.1, -0.05) is 19.9 Å². The summed E-state index contributed by atoms with van der Waals surface area (Å²) in [7, 11) is 0. The van der Waals surface area contributed by atoms with Crippen molar-refractivity contribution in [2.45, 2.75) is 45.6 Å². The Morgan fingerprint density at radius 3 is 2.67 bits per heavy atom. The summed E-state index contributed by atoms with van der Waals surface area (Å²) >= 11 is 0. The van der Waals surface area contributed by atoms with Gasteiger partial charge in [-0.15, -0.1) is 12.4 Å². The molecule has 0 aromatic heterocycles. The fourth-order valence-corrected chi connectivity index (χ4v) is 1.86. The quantitative estimate of drug-likeness (QED) is 0.847. The molecule has 1 aliphatic carbocycles. The van der Waals surface area contributed by atoms with Crippen molar-refractivity contribution in [2.24, 2.45) is 11.7 Å². The summed E-state index contributed by atoms with van der Waals surface area (Å²) in [6.07, 6.45) is 2.55. The van der Waals surface area contributed by atoms with Crippen molar-refractivity contribution in [3.8, 4) is 5.75 Å². The molecule has 1 aromatic rings. The molecule has 0 aliphatic heterocycles. The molecule has 0 heterocycles. The summed E-state index contributed by atoms with van der Waals surface area (Å²) in [5, 5.41) is 2.87. The Labute approximate surface area is 132 Å². The molecular weight excluding hydrogens is 288 g/mol. The highest BCUT2D eigenvalue weighted by atomic mass is 35.5. The Bertz CT molecular complexity index is 499. The molecule has 1 amide bonds. The third-order valence-electron chi connectivity index (χ3n) is 3.64. The summed E-state index contributed by atoms with van der Waals surface area (Å²) in [5.41, 5.74) is 7.04. The number of carbonyl (C=O) groups is 1. The number of rotatable bonds is 6. The molecular formula is C16H25ClN2O2. The molecule has 4 nitrogen and oxygen atoms in total. The van der Waals surface area contributed by atoms with Crippen LogP contribution in [0.3, 0.4) is 0 Å². The molecule has 0 saturated heterocycles. The average Bonchev–Trinajstić information content (AvgIpc) is 3.12. The van der Waals surface area contributed by atoms with Gasteiger partial charge in [0, 0.05) is 11.8 Å². The molecule has 0 radical (unpaired) electrons. The van der Waals surface area contributed by atoms with Crippen molar-refractivity contribution in [1.29, 1.82) is 0 Å². The van der Waals surface area contributed by atoms with Gasteiger partial charge in [0.15, 0.2) is 0 Å². The zero-order chi connectivity index (χ0) is 14.8.